The lowest BCUT2D eigenvalue weighted by Gasteiger charge is -2.16. The van der Waals surface area contributed by atoms with E-state index in [1.165, 1.54) is 6.07 Å². The molecule has 12 nitrogen and oxygen atoms in total. The van der Waals surface area contributed by atoms with Crippen molar-refractivity contribution in [3.8, 4) is 34.5 Å². The average Bonchev–Trinajstić information content (AvgIpc) is 3.08. The number of nitrogens with zero attached hydrogens (tertiary/aromatic N) is 2. The third-order valence-corrected chi connectivity index (χ3v) is 10.6. The van der Waals surface area contributed by atoms with Crippen LogP contribution in [0.15, 0.2) is 87.3 Å². The first-order valence-corrected chi connectivity index (χ1v) is 19.0. The average molecular weight is 1020 g/mol. The van der Waals surface area contributed by atoms with E-state index in [-0.39, 0.29) is 64.8 Å². The smallest absolute Gasteiger partial charge is 0.269 e. The SMILES string of the molecule is O=C1NCCc2cc(Br)c(O)c(c2)Oc2c(Br)cc(cc2Br)CCNC(=O)C(=NO)Cc2cc(Br)c(O)c(c2)Oc2ccc(cc2Br)CC1=NO. The number of aromatic hydroxyl groups is 2. The molecule has 0 saturated carbocycles. The van der Waals surface area contributed by atoms with Crippen molar-refractivity contribution in [2.45, 2.75) is 25.7 Å². The molecule has 0 aliphatic carbocycles. The Kier molecular flexibility index (Phi) is 13.1. The molecule has 4 aliphatic rings. The maximum atomic E-state index is 13.0. The zero-order valence-corrected chi connectivity index (χ0v) is 34.1. The standard InChI is InChI=1S/C34H27Br5N4O8/c35-20-7-16-1-2-27(20)50-28-15-19(11-22(37)30(28)44)13-26(43-49)34(47)40-5-3-17-9-23(38)32(24(39)10-17)51-29-14-18(8-21(36)31(29)45)4-6-41-33(46)25(12-16)42-48/h1-2,7-11,14-15,44-45,48-49H,3-6,12-13H2,(H,40,47)(H,41,46). The van der Waals surface area contributed by atoms with Crippen molar-refractivity contribution in [3.63, 3.8) is 0 Å². The van der Waals surface area contributed by atoms with Gasteiger partial charge in [0.2, 0.25) is 0 Å². The lowest BCUT2D eigenvalue weighted by atomic mass is 10.1. The summed E-state index contributed by atoms with van der Waals surface area (Å²) >= 11 is 17.2. The fourth-order valence-corrected chi connectivity index (χ4v) is 7.96. The van der Waals surface area contributed by atoms with Gasteiger partial charge in [-0.05, 0) is 163 Å². The number of ether oxygens (including phenoxy) is 2. The number of carbonyl (C=O) groups excluding carboxylic acids is 2. The normalized spacial score (nSPS) is 16.2. The van der Waals surface area contributed by atoms with Crippen LogP contribution in [0.1, 0.15) is 22.3 Å². The first kappa shape index (κ1) is 38.6. The summed E-state index contributed by atoms with van der Waals surface area (Å²) in [5, 5.41) is 52.8. The predicted molar refractivity (Wildman–Crippen MR) is 207 cm³/mol. The Bertz CT molecular complexity index is 2050. The molecule has 266 valence electrons. The van der Waals surface area contributed by atoms with Crippen LogP contribution in [0.25, 0.3) is 0 Å². The topological polar surface area (TPSA) is 182 Å². The van der Waals surface area contributed by atoms with E-state index in [4.69, 9.17) is 9.47 Å². The molecule has 17 heteroatoms. The highest BCUT2D eigenvalue weighted by Gasteiger charge is 2.20. The predicted octanol–water partition coefficient (Wildman–Crippen LogP) is 8.27. The first-order valence-electron chi connectivity index (χ1n) is 15.0. The summed E-state index contributed by atoms with van der Waals surface area (Å²) in [7, 11) is 0. The lowest BCUT2D eigenvalue weighted by molar-refractivity contribution is -0.115. The second-order valence-corrected chi connectivity index (χ2v) is 15.4. The van der Waals surface area contributed by atoms with Crippen molar-refractivity contribution in [1.82, 2.24) is 10.6 Å². The second-order valence-electron chi connectivity index (χ2n) is 11.2. The zero-order valence-electron chi connectivity index (χ0n) is 26.1. The monoisotopic (exact) mass is 1010 g/mol. The molecule has 0 radical (unpaired) electrons. The van der Waals surface area contributed by atoms with Crippen molar-refractivity contribution in [1.29, 1.82) is 0 Å². The second kappa shape index (κ2) is 17.3. The minimum Gasteiger partial charge on any atom is -0.503 e. The molecule has 6 N–H and O–H groups in total. The molecule has 8 bridgehead atoms. The maximum absolute atomic E-state index is 13.0. The van der Waals surface area contributed by atoms with E-state index in [9.17, 15) is 30.2 Å². The van der Waals surface area contributed by atoms with Gasteiger partial charge in [-0.15, -0.1) is 0 Å². The highest BCUT2D eigenvalue weighted by molar-refractivity contribution is 9.11. The van der Waals surface area contributed by atoms with Gasteiger partial charge in [-0.2, -0.15) is 0 Å². The van der Waals surface area contributed by atoms with Crippen molar-refractivity contribution in [2.24, 2.45) is 10.3 Å². The fraction of sp³-hybridized carbons (Fsp3) is 0.176. The van der Waals surface area contributed by atoms with E-state index >= 15 is 0 Å². The number of amides is 2. The van der Waals surface area contributed by atoms with Crippen LogP contribution < -0.4 is 20.1 Å². The molecule has 4 aromatic carbocycles. The first-order chi connectivity index (χ1) is 24.4. The van der Waals surface area contributed by atoms with Gasteiger partial charge in [0.05, 0.1) is 22.4 Å². The molecule has 0 unspecified atom stereocenters. The molecule has 0 atom stereocenters. The number of phenolic OH excluding ortho intramolecular Hbond substituents is 2. The van der Waals surface area contributed by atoms with Gasteiger partial charge in [-0.3, -0.25) is 9.59 Å². The molecule has 0 fully saturated rings. The molecule has 0 spiro atoms. The summed E-state index contributed by atoms with van der Waals surface area (Å²) < 4.78 is 14.4. The zero-order chi connectivity index (χ0) is 36.8. The van der Waals surface area contributed by atoms with Crippen LogP contribution in [-0.2, 0) is 35.3 Å². The molecule has 2 amide bonds. The van der Waals surface area contributed by atoms with E-state index in [1.807, 2.05) is 12.1 Å². The Hall–Kier alpha value is -3.64. The van der Waals surface area contributed by atoms with Gasteiger partial charge in [-0.1, -0.05) is 16.4 Å². The molecule has 8 rings (SSSR count). The van der Waals surface area contributed by atoms with E-state index in [0.29, 0.717) is 53.4 Å². The van der Waals surface area contributed by atoms with Gasteiger partial charge in [0.25, 0.3) is 11.8 Å². The highest BCUT2D eigenvalue weighted by Crippen LogP contribution is 2.44. The van der Waals surface area contributed by atoms with Crippen molar-refractivity contribution in [2.75, 3.05) is 13.1 Å². The minimum atomic E-state index is -0.589. The largest absolute Gasteiger partial charge is 0.503 e. The number of hydrogen-bond donors (Lipinski definition) is 6. The molecule has 4 heterocycles. The molecule has 4 aromatic rings. The van der Waals surface area contributed by atoms with Crippen LogP contribution in [-0.4, -0.2) is 57.0 Å². The third-order valence-electron chi connectivity index (χ3n) is 7.57. The number of halogens is 5. The number of phenols is 2. The maximum Gasteiger partial charge on any atom is 0.269 e. The Morgan fingerprint density at radius 2 is 1.00 bits per heavy atom. The number of carbonyl (C=O) groups is 2. The van der Waals surface area contributed by atoms with Gasteiger partial charge in [-0.25, -0.2) is 0 Å². The van der Waals surface area contributed by atoms with Crippen molar-refractivity contribution < 1.29 is 39.7 Å². The summed E-state index contributed by atoms with van der Waals surface area (Å²) in [4.78, 5) is 26.0. The number of hydrogen-bond acceptors (Lipinski definition) is 10. The number of benzene rings is 4. The van der Waals surface area contributed by atoms with Crippen LogP contribution >= 0.6 is 79.6 Å². The number of nitrogens with one attached hydrogen (secondary N) is 2. The van der Waals surface area contributed by atoms with E-state index < -0.39 is 11.8 Å². The minimum absolute atomic E-state index is 0.00980. The van der Waals surface area contributed by atoms with Gasteiger partial charge >= 0.3 is 0 Å². The Morgan fingerprint density at radius 1 is 0.549 bits per heavy atom. The lowest BCUT2D eigenvalue weighted by Crippen LogP contribution is -2.33. The van der Waals surface area contributed by atoms with Gasteiger partial charge < -0.3 is 40.7 Å². The van der Waals surface area contributed by atoms with Gasteiger partial charge in [0.15, 0.2) is 28.7 Å². The number of oxime groups is 2. The third kappa shape index (κ3) is 9.62. The summed E-state index contributed by atoms with van der Waals surface area (Å²) in [6, 6.07) is 15.0. The molecule has 4 aliphatic heterocycles. The van der Waals surface area contributed by atoms with E-state index in [1.54, 1.807) is 36.4 Å². The molecule has 0 aromatic heterocycles. The van der Waals surface area contributed by atoms with E-state index in [2.05, 4.69) is 101 Å². The molecular formula is C34H27Br5N4O8. The Labute approximate surface area is 333 Å². The molecule has 0 saturated heterocycles. The summed E-state index contributed by atoms with van der Waals surface area (Å²) in [6.07, 6.45) is 0.677. The Morgan fingerprint density at radius 3 is 1.55 bits per heavy atom. The van der Waals surface area contributed by atoms with Crippen LogP contribution in [0.2, 0.25) is 0 Å². The summed E-state index contributed by atoms with van der Waals surface area (Å²) in [5.74, 6) is -0.539. The quantitative estimate of drug-likeness (QED) is 0.0752. The van der Waals surface area contributed by atoms with Crippen molar-refractivity contribution in [3.05, 3.63) is 99.2 Å². The van der Waals surface area contributed by atoms with E-state index in [0.717, 1.165) is 11.1 Å². The van der Waals surface area contributed by atoms with Crippen LogP contribution in [0.5, 0.6) is 34.5 Å². The van der Waals surface area contributed by atoms with Gasteiger partial charge in [0, 0.05) is 25.9 Å². The fourth-order valence-electron chi connectivity index (χ4n) is 5.03. The van der Waals surface area contributed by atoms with Crippen LogP contribution in [0.3, 0.4) is 0 Å². The van der Waals surface area contributed by atoms with Gasteiger partial charge in [0.1, 0.15) is 17.2 Å². The number of rotatable bonds is 0. The summed E-state index contributed by atoms with van der Waals surface area (Å²) in [5.41, 5.74) is 2.40. The Balaban J connectivity index is 1.47. The van der Waals surface area contributed by atoms with Crippen LogP contribution in [0.4, 0.5) is 0 Å². The summed E-state index contributed by atoms with van der Waals surface area (Å²) in [6.45, 7) is 0.403. The molecule has 51 heavy (non-hydrogen) atoms. The van der Waals surface area contributed by atoms with Crippen molar-refractivity contribution >= 4 is 103 Å². The van der Waals surface area contributed by atoms with Crippen LogP contribution in [0, 0.1) is 0 Å². The highest BCUT2D eigenvalue weighted by atomic mass is 79.9. The molecular weight excluding hydrogens is 992 g/mol.